The van der Waals surface area contributed by atoms with Gasteiger partial charge in [0.05, 0.1) is 22.3 Å². The second-order valence-corrected chi connectivity index (χ2v) is 8.55. The van der Waals surface area contributed by atoms with Gasteiger partial charge >= 0.3 is 0 Å². The van der Waals surface area contributed by atoms with E-state index in [-0.39, 0.29) is 17.4 Å². The number of aromatic nitrogens is 2. The molecule has 9 heteroatoms. The van der Waals surface area contributed by atoms with Crippen molar-refractivity contribution >= 4 is 22.9 Å². The number of primary amides is 1. The number of aryl methyl sites for hydroxylation is 1. The fraction of sp³-hybridized carbons (Fsp3) is 0.231. The van der Waals surface area contributed by atoms with Crippen molar-refractivity contribution in [3.8, 4) is 11.3 Å². The van der Waals surface area contributed by atoms with Gasteiger partial charge in [-0.3, -0.25) is 14.5 Å². The molecule has 0 aliphatic carbocycles. The molecule has 3 heterocycles. The summed E-state index contributed by atoms with van der Waals surface area (Å²) in [5.74, 6) is -0.956. The largest absolute Gasteiger partial charge is 0.368 e. The highest BCUT2D eigenvalue weighted by Crippen LogP contribution is 2.29. The first-order valence-electron chi connectivity index (χ1n) is 11.3. The van der Waals surface area contributed by atoms with Crippen molar-refractivity contribution in [1.82, 2.24) is 19.9 Å². The van der Waals surface area contributed by atoms with Gasteiger partial charge < -0.3 is 15.2 Å². The van der Waals surface area contributed by atoms with Crippen LogP contribution in [-0.4, -0.2) is 57.9 Å². The van der Waals surface area contributed by atoms with Crippen LogP contribution in [0.5, 0.6) is 0 Å². The Labute approximate surface area is 201 Å². The molecule has 1 saturated heterocycles. The van der Waals surface area contributed by atoms with Crippen LogP contribution >= 0.6 is 0 Å². The molecule has 8 nitrogen and oxygen atoms in total. The predicted molar refractivity (Wildman–Crippen MR) is 128 cm³/mol. The summed E-state index contributed by atoms with van der Waals surface area (Å²) in [5, 5.41) is 4.55. The minimum absolute atomic E-state index is 0.179. The molecule has 2 aromatic carbocycles. The summed E-state index contributed by atoms with van der Waals surface area (Å²) in [6, 6.07) is 16.4. The quantitative estimate of drug-likeness (QED) is 0.477. The van der Waals surface area contributed by atoms with E-state index in [0.29, 0.717) is 54.1 Å². The Bertz CT molecular complexity index is 1380. The van der Waals surface area contributed by atoms with Gasteiger partial charge in [0.15, 0.2) is 0 Å². The second kappa shape index (κ2) is 9.27. The molecule has 0 saturated carbocycles. The summed E-state index contributed by atoms with van der Waals surface area (Å²) in [7, 11) is 0. The Morgan fingerprint density at radius 2 is 1.71 bits per heavy atom. The van der Waals surface area contributed by atoms with Crippen LogP contribution in [0.15, 0.2) is 65.2 Å². The Kier molecular flexibility index (Phi) is 6.00. The van der Waals surface area contributed by atoms with Crippen LogP contribution < -0.4 is 5.73 Å². The van der Waals surface area contributed by atoms with Crippen molar-refractivity contribution in [1.29, 1.82) is 0 Å². The second-order valence-electron chi connectivity index (χ2n) is 8.55. The normalized spacial score (nSPS) is 15.3. The molecule has 1 unspecified atom stereocenters. The van der Waals surface area contributed by atoms with Crippen molar-refractivity contribution in [2.45, 2.75) is 13.0 Å². The van der Waals surface area contributed by atoms with Crippen molar-refractivity contribution in [3.63, 3.8) is 0 Å². The molecule has 1 aliphatic rings. The number of carbonyl (C=O) groups is 2. The maximum atomic E-state index is 13.6. The molecule has 2 aromatic heterocycles. The van der Waals surface area contributed by atoms with Gasteiger partial charge in [-0.25, -0.2) is 9.37 Å². The van der Waals surface area contributed by atoms with E-state index in [2.05, 4.69) is 10.1 Å². The van der Waals surface area contributed by atoms with E-state index in [1.54, 1.807) is 30.0 Å². The van der Waals surface area contributed by atoms with Crippen molar-refractivity contribution in [2.24, 2.45) is 5.73 Å². The number of amides is 2. The summed E-state index contributed by atoms with van der Waals surface area (Å²) in [5.41, 5.74) is 8.96. The first kappa shape index (κ1) is 22.7. The lowest BCUT2D eigenvalue weighted by Crippen LogP contribution is -2.51. The van der Waals surface area contributed by atoms with E-state index in [1.165, 1.54) is 12.1 Å². The number of benzene rings is 2. The highest BCUT2D eigenvalue weighted by molar-refractivity contribution is 6.07. The summed E-state index contributed by atoms with van der Waals surface area (Å²) in [6.07, 6.45) is 0. The number of nitrogens with zero attached hydrogens (tertiary/aromatic N) is 4. The average Bonchev–Trinajstić information content (AvgIpc) is 3.25. The molecule has 2 N–H and O–H groups in total. The molecule has 2 amide bonds. The summed E-state index contributed by atoms with van der Waals surface area (Å²) in [4.78, 5) is 34.1. The number of hydrogen-bond acceptors (Lipinski definition) is 6. The zero-order valence-corrected chi connectivity index (χ0v) is 19.1. The average molecular weight is 474 g/mol. The monoisotopic (exact) mass is 473 g/mol. The summed E-state index contributed by atoms with van der Waals surface area (Å²) < 4.78 is 18.8. The van der Waals surface area contributed by atoms with Crippen molar-refractivity contribution < 1.29 is 18.5 Å². The molecule has 0 spiro atoms. The molecule has 4 aromatic rings. The number of fused-ring (bicyclic) bond motifs is 1. The van der Waals surface area contributed by atoms with Gasteiger partial charge in [-0.15, -0.1) is 0 Å². The number of piperazine rings is 1. The van der Waals surface area contributed by atoms with Crippen molar-refractivity contribution in [2.75, 3.05) is 26.2 Å². The Morgan fingerprint density at radius 1 is 1.03 bits per heavy atom. The SMILES string of the molecule is Cc1noc2nc(-c3ccc(F)cc3)cc(C(=O)N3CCN(C(C(N)=O)c4ccccc4)CC3)c12. The van der Waals surface area contributed by atoms with E-state index in [0.717, 1.165) is 5.56 Å². The predicted octanol–water partition coefficient (Wildman–Crippen LogP) is 3.32. The Balaban J connectivity index is 1.41. The van der Waals surface area contributed by atoms with Gasteiger partial charge in [0.1, 0.15) is 11.9 Å². The molecule has 0 bridgehead atoms. The molecule has 178 valence electrons. The first-order valence-corrected chi connectivity index (χ1v) is 11.3. The van der Waals surface area contributed by atoms with E-state index in [9.17, 15) is 14.0 Å². The number of hydrogen-bond donors (Lipinski definition) is 1. The lowest BCUT2D eigenvalue weighted by molar-refractivity contribution is -0.124. The lowest BCUT2D eigenvalue weighted by atomic mass is 10.0. The molecule has 1 fully saturated rings. The minimum atomic E-state index is -0.550. The van der Waals surface area contributed by atoms with E-state index in [1.807, 2.05) is 35.2 Å². The fourth-order valence-electron chi connectivity index (χ4n) is 4.58. The number of pyridine rings is 1. The standard InChI is InChI=1S/C26H24FN5O3/c1-16-22-20(15-21(29-25(22)35-30-16)17-7-9-19(27)10-8-17)26(34)32-13-11-31(12-14-32)23(24(28)33)18-5-3-2-4-6-18/h2-10,15,23H,11-14H2,1H3,(H2,28,33). The van der Waals surface area contributed by atoms with Gasteiger partial charge in [-0.05, 0) is 42.8 Å². The molecule has 0 radical (unpaired) electrons. The van der Waals surface area contributed by atoms with Gasteiger partial charge in [0.2, 0.25) is 5.91 Å². The van der Waals surface area contributed by atoms with Crippen LogP contribution in [0, 0.1) is 12.7 Å². The zero-order chi connectivity index (χ0) is 24.5. The topological polar surface area (TPSA) is 106 Å². The third-order valence-electron chi connectivity index (χ3n) is 6.34. The molecular formula is C26H24FN5O3. The molecular weight excluding hydrogens is 449 g/mol. The maximum absolute atomic E-state index is 13.6. The number of nitrogens with two attached hydrogens (primary N) is 1. The Hall–Kier alpha value is -4.11. The third-order valence-corrected chi connectivity index (χ3v) is 6.34. The third kappa shape index (κ3) is 4.38. The van der Waals surface area contributed by atoms with Crippen LogP contribution in [0.25, 0.3) is 22.4 Å². The number of rotatable bonds is 5. The van der Waals surface area contributed by atoms with E-state index in [4.69, 9.17) is 10.3 Å². The summed E-state index contributed by atoms with van der Waals surface area (Å²) in [6.45, 7) is 3.61. The van der Waals surface area contributed by atoms with Gasteiger partial charge in [-0.1, -0.05) is 35.5 Å². The van der Waals surface area contributed by atoms with Crippen LogP contribution in [0.1, 0.15) is 27.7 Å². The molecule has 35 heavy (non-hydrogen) atoms. The van der Waals surface area contributed by atoms with E-state index >= 15 is 0 Å². The van der Waals surface area contributed by atoms with E-state index < -0.39 is 11.9 Å². The highest BCUT2D eigenvalue weighted by atomic mass is 19.1. The molecule has 1 aliphatic heterocycles. The zero-order valence-electron chi connectivity index (χ0n) is 19.1. The summed E-state index contributed by atoms with van der Waals surface area (Å²) >= 11 is 0. The minimum Gasteiger partial charge on any atom is -0.368 e. The van der Waals surface area contributed by atoms with Crippen LogP contribution in [0.4, 0.5) is 4.39 Å². The van der Waals surface area contributed by atoms with Crippen LogP contribution in [0.2, 0.25) is 0 Å². The first-order chi connectivity index (χ1) is 16.9. The van der Waals surface area contributed by atoms with Crippen LogP contribution in [0.3, 0.4) is 0 Å². The van der Waals surface area contributed by atoms with Gasteiger partial charge in [-0.2, -0.15) is 0 Å². The fourth-order valence-corrected chi connectivity index (χ4v) is 4.58. The lowest BCUT2D eigenvalue weighted by Gasteiger charge is -2.38. The van der Waals surface area contributed by atoms with Gasteiger partial charge in [0.25, 0.3) is 11.6 Å². The Morgan fingerprint density at radius 3 is 2.37 bits per heavy atom. The van der Waals surface area contributed by atoms with Crippen LogP contribution in [-0.2, 0) is 4.79 Å². The number of halogens is 1. The number of carbonyl (C=O) groups excluding carboxylic acids is 2. The molecule has 1 atom stereocenters. The molecule has 5 rings (SSSR count). The highest BCUT2D eigenvalue weighted by Gasteiger charge is 2.32. The maximum Gasteiger partial charge on any atom is 0.259 e. The van der Waals surface area contributed by atoms with Crippen molar-refractivity contribution in [3.05, 3.63) is 83.3 Å². The van der Waals surface area contributed by atoms with Gasteiger partial charge in [0, 0.05) is 31.7 Å². The smallest absolute Gasteiger partial charge is 0.259 e.